The van der Waals surface area contributed by atoms with E-state index in [0.29, 0.717) is 35.4 Å². The summed E-state index contributed by atoms with van der Waals surface area (Å²) in [4.78, 5) is 4.46. The molecule has 0 aliphatic heterocycles. The first-order valence-corrected chi connectivity index (χ1v) is 9.22. The number of hydrogen-bond donors (Lipinski definition) is 0. The molecule has 4 nitrogen and oxygen atoms in total. The number of rotatable bonds is 6. The smallest absolute Gasteiger partial charge is 0.416 e. The molecule has 0 aliphatic carbocycles. The number of aromatic nitrogens is 1. The Bertz CT molecular complexity index is 1040. The standard InChI is InChI=1S/C22H21F3N2O2/c1-14-11-16(13-26)12-18-19(14)29-20(27-18)17-8-6-15(7-9-17)5-4-10-28-21(2,3)22(23,24)25/h6-9,11-12H,4-5,10H2,1-3H3. The van der Waals surface area contributed by atoms with E-state index < -0.39 is 11.8 Å². The van der Waals surface area contributed by atoms with Gasteiger partial charge in [-0.2, -0.15) is 18.4 Å². The molecule has 0 fully saturated rings. The zero-order chi connectivity index (χ0) is 21.2. The van der Waals surface area contributed by atoms with Gasteiger partial charge >= 0.3 is 6.18 Å². The van der Waals surface area contributed by atoms with Crippen molar-refractivity contribution in [3.63, 3.8) is 0 Å². The Morgan fingerprint density at radius 3 is 2.45 bits per heavy atom. The second kappa shape index (κ2) is 7.88. The summed E-state index contributed by atoms with van der Waals surface area (Å²) >= 11 is 0. The maximum absolute atomic E-state index is 12.8. The monoisotopic (exact) mass is 402 g/mol. The maximum Gasteiger partial charge on any atom is 0.416 e. The molecule has 3 aromatic rings. The van der Waals surface area contributed by atoms with Crippen molar-refractivity contribution in [2.45, 2.75) is 45.4 Å². The topological polar surface area (TPSA) is 59.0 Å². The van der Waals surface area contributed by atoms with Crippen LogP contribution in [0.25, 0.3) is 22.6 Å². The number of ether oxygens (including phenoxy) is 1. The van der Waals surface area contributed by atoms with E-state index >= 15 is 0 Å². The molecule has 1 aromatic heterocycles. The number of aryl methyl sites for hydroxylation is 2. The van der Waals surface area contributed by atoms with E-state index in [4.69, 9.17) is 14.4 Å². The van der Waals surface area contributed by atoms with Gasteiger partial charge < -0.3 is 9.15 Å². The molecule has 0 atom stereocenters. The molecule has 0 radical (unpaired) electrons. The van der Waals surface area contributed by atoms with Crippen LogP contribution in [0.3, 0.4) is 0 Å². The lowest BCUT2D eigenvalue weighted by molar-refractivity contribution is -0.263. The Balaban J connectivity index is 1.64. The molecule has 0 N–H and O–H groups in total. The van der Waals surface area contributed by atoms with Crippen LogP contribution in [0.2, 0.25) is 0 Å². The van der Waals surface area contributed by atoms with E-state index in [9.17, 15) is 13.2 Å². The van der Waals surface area contributed by atoms with Gasteiger partial charge in [0.2, 0.25) is 5.89 Å². The highest BCUT2D eigenvalue weighted by Gasteiger charge is 2.48. The quantitative estimate of drug-likeness (QED) is 0.477. The molecular weight excluding hydrogens is 381 g/mol. The van der Waals surface area contributed by atoms with Gasteiger partial charge in [-0.1, -0.05) is 12.1 Å². The highest BCUT2D eigenvalue weighted by atomic mass is 19.4. The summed E-state index contributed by atoms with van der Waals surface area (Å²) < 4.78 is 49.2. The van der Waals surface area contributed by atoms with Crippen LogP contribution in [0, 0.1) is 18.3 Å². The van der Waals surface area contributed by atoms with Gasteiger partial charge in [-0.3, -0.25) is 0 Å². The lowest BCUT2D eigenvalue weighted by atomic mass is 10.1. The van der Waals surface area contributed by atoms with E-state index in [2.05, 4.69) is 11.1 Å². The lowest BCUT2D eigenvalue weighted by Gasteiger charge is -2.27. The molecule has 0 aliphatic rings. The summed E-state index contributed by atoms with van der Waals surface area (Å²) in [6.07, 6.45) is -3.30. The summed E-state index contributed by atoms with van der Waals surface area (Å²) in [5.41, 5.74) is 2.28. The summed E-state index contributed by atoms with van der Waals surface area (Å²) in [5.74, 6) is 0.458. The molecule has 0 spiro atoms. The van der Waals surface area contributed by atoms with Crippen molar-refractivity contribution in [3.8, 4) is 17.5 Å². The number of nitriles is 1. The molecule has 3 rings (SSSR count). The first kappa shape index (κ1) is 20.9. The van der Waals surface area contributed by atoms with Gasteiger partial charge in [-0.05, 0) is 69.0 Å². The Hall–Kier alpha value is -2.85. The minimum atomic E-state index is -4.39. The van der Waals surface area contributed by atoms with Gasteiger partial charge in [0.05, 0.1) is 11.6 Å². The number of hydrogen-bond acceptors (Lipinski definition) is 4. The minimum absolute atomic E-state index is 0.0277. The summed E-state index contributed by atoms with van der Waals surface area (Å²) in [6, 6.07) is 13.1. The Morgan fingerprint density at radius 1 is 1.14 bits per heavy atom. The minimum Gasteiger partial charge on any atom is -0.436 e. The van der Waals surface area contributed by atoms with Crippen molar-refractivity contribution in [2.24, 2.45) is 0 Å². The highest BCUT2D eigenvalue weighted by molar-refractivity contribution is 5.80. The van der Waals surface area contributed by atoms with Crippen molar-refractivity contribution in [1.82, 2.24) is 4.98 Å². The number of nitrogens with zero attached hydrogens (tertiary/aromatic N) is 2. The summed E-state index contributed by atoms with van der Waals surface area (Å²) in [7, 11) is 0. The maximum atomic E-state index is 12.8. The van der Waals surface area contributed by atoms with E-state index in [1.54, 1.807) is 12.1 Å². The number of halogens is 3. The van der Waals surface area contributed by atoms with Crippen LogP contribution in [0.5, 0.6) is 0 Å². The van der Waals surface area contributed by atoms with E-state index in [1.807, 2.05) is 31.2 Å². The van der Waals surface area contributed by atoms with Gasteiger partial charge in [0, 0.05) is 12.2 Å². The van der Waals surface area contributed by atoms with Gasteiger partial charge in [0.15, 0.2) is 11.2 Å². The first-order chi connectivity index (χ1) is 13.6. The van der Waals surface area contributed by atoms with Crippen LogP contribution in [0.1, 0.15) is 37.0 Å². The zero-order valence-electron chi connectivity index (χ0n) is 16.4. The molecule has 2 aromatic carbocycles. The molecule has 0 saturated heterocycles. The molecule has 0 saturated carbocycles. The van der Waals surface area contributed by atoms with Crippen molar-refractivity contribution in [2.75, 3.05) is 6.61 Å². The van der Waals surface area contributed by atoms with E-state index in [-0.39, 0.29) is 6.61 Å². The predicted octanol–water partition coefficient (Wildman–Crippen LogP) is 5.97. The van der Waals surface area contributed by atoms with Crippen molar-refractivity contribution >= 4 is 11.1 Å². The van der Waals surface area contributed by atoms with Gasteiger partial charge in [0.25, 0.3) is 0 Å². The van der Waals surface area contributed by atoms with Crippen LogP contribution in [-0.2, 0) is 11.2 Å². The molecule has 0 unspecified atom stereocenters. The third-order valence-corrected chi connectivity index (χ3v) is 4.76. The average Bonchev–Trinajstić information content (AvgIpc) is 3.09. The van der Waals surface area contributed by atoms with E-state index in [1.165, 1.54) is 0 Å². The number of alkyl halides is 3. The van der Waals surface area contributed by atoms with Gasteiger partial charge in [-0.25, -0.2) is 4.98 Å². The molecular formula is C22H21F3N2O2. The fourth-order valence-electron chi connectivity index (χ4n) is 2.89. The number of fused-ring (bicyclic) bond motifs is 1. The second-order valence-electron chi connectivity index (χ2n) is 7.43. The fourth-order valence-corrected chi connectivity index (χ4v) is 2.89. The number of benzene rings is 2. The van der Waals surface area contributed by atoms with Crippen LogP contribution < -0.4 is 0 Å². The molecule has 1 heterocycles. The van der Waals surface area contributed by atoms with Gasteiger partial charge in [-0.15, -0.1) is 0 Å². The average molecular weight is 402 g/mol. The molecule has 29 heavy (non-hydrogen) atoms. The van der Waals surface area contributed by atoms with E-state index in [0.717, 1.165) is 30.5 Å². The predicted molar refractivity (Wildman–Crippen MR) is 103 cm³/mol. The van der Waals surface area contributed by atoms with Gasteiger partial charge in [0.1, 0.15) is 5.52 Å². The second-order valence-corrected chi connectivity index (χ2v) is 7.43. The van der Waals surface area contributed by atoms with Crippen molar-refractivity contribution in [1.29, 1.82) is 5.26 Å². The summed E-state index contributed by atoms with van der Waals surface area (Å²) in [5, 5.41) is 9.08. The Labute approximate surface area is 166 Å². The van der Waals surface area contributed by atoms with Crippen LogP contribution in [-0.4, -0.2) is 23.4 Å². The molecule has 152 valence electrons. The molecule has 7 heteroatoms. The highest BCUT2D eigenvalue weighted by Crippen LogP contribution is 2.33. The van der Waals surface area contributed by atoms with Crippen LogP contribution in [0.4, 0.5) is 13.2 Å². The molecule has 0 bridgehead atoms. The summed E-state index contributed by atoms with van der Waals surface area (Å²) in [6.45, 7) is 3.95. The largest absolute Gasteiger partial charge is 0.436 e. The number of oxazole rings is 1. The third kappa shape index (κ3) is 4.60. The SMILES string of the molecule is Cc1cc(C#N)cc2nc(-c3ccc(CCCOC(C)(C)C(F)(F)F)cc3)oc12. The normalized spacial score (nSPS) is 12.3. The zero-order valence-corrected chi connectivity index (χ0v) is 16.4. The fraction of sp³-hybridized carbons (Fsp3) is 0.364. The van der Waals surface area contributed by atoms with Crippen molar-refractivity contribution in [3.05, 3.63) is 53.1 Å². The lowest BCUT2D eigenvalue weighted by Crippen LogP contribution is -2.42. The first-order valence-electron chi connectivity index (χ1n) is 9.22. The van der Waals surface area contributed by atoms with Crippen LogP contribution >= 0.6 is 0 Å². The van der Waals surface area contributed by atoms with Crippen molar-refractivity contribution < 1.29 is 22.3 Å². The van der Waals surface area contributed by atoms with Crippen LogP contribution in [0.15, 0.2) is 40.8 Å². The third-order valence-electron chi connectivity index (χ3n) is 4.76. The Morgan fingerprint density at radius 2 is 1.83 bits per heavy atom. The molecule has 0 amide bonds. The Kier molecular flexibility index (Phi) is 5.67.